The average molecular weight is 428 g/mol. The van der Waals surface area contributed by atoms with E-state index >= 15 is 0 Å². The van der Waals surface area contributed by atoms with Crippen molar-refractivity contribution in [3.05, 3.63) is 71.1 Å². The van der Waals surface area contributed by atoms with Crippen molar-refractivity contribution >= 4 is 27.7 Å². The molecular formula is C23H29N3O3S. The topological polar surface area (TPSA) is 78.5 Å². The third kappa shape index (κ3) is 6.43. The summed E-state index contributed by atoms with van der Waals surface area (Å²) in [5.74, 6) is 0.329. The van der Waals surface area contributed by atoms with E-state index in [2.05, 4.69) is 28.8 Å². The van der Waals surface area contributed by atoms with Crippen LogP contribution in [0.5, 0.6) is 0 Å². The number of anilines is 1. The summed E-state index contributed by atoms with van der Waals surface area (Å²) in [7, 11) is -3.64. The van der Waals surface area contributed by atoms with Gasteiger partial charge in [-0.3, -0.25) is 9.52 Å². The fourth-order valence-electron chi connectivity index (χ4n) is 3.46. The molecule has 1 fully saturated rings. The molecule has 0 spiro atoms. The molecule has 1 heterocycles. The zero-order valence-corrected chi connectivity index (χ0v) is 18.2. The number of carbonyl (C=O) groups is 1. The number of likely N-dealkylation sites (tertiary alicyclic amines) is 1. The average Bonchev–Trinajstić information content (AvgIpc) is 3.21. The first-order valence-corrected chi connectivity index (χ1v) is 11.8. The van der Waals surface area contributed by atoms with Crippen LogP contribution in [-0.2, 0) is 10.0 Å². The van der Waals surface area contributed by atoms with Crippen molar-refractivity contribution in [3.8, 4) is 0 Å². The van der Waals surface area contributed by atoms with E-state index in [1.54, 1.807) is 24.3 Å². The summed E-state index contributed by atoms with van der Waals surface area (Å²) in [5, 5.41) is 4.12. The lowest BCUT2D eigenvalue weighted by Gasteiger charge is -2.20. The number of nitrogens with one attached hydrogen (secondary N) is 2. The Balaban J connectivity index is 1.51. The van der Waals surface area contributed by atoms with Crippen molar-refractivity contribution in [2.75, 3.05) is 24.4 Å². The SMILES string of the molecule is CC(C)N1CCC(CNC(=O)c2ccc(NS(=O)(=O)/C=C/c3ccccc3)cc2)C1. The van der Waals surface area contributed by atoms with Gasteiger partial charge >= 0.3 is 0 Å². The second kappa shape index (κ2) is 9.91. The monoisotopic (exact) mass is 427 g/mol. The Labute approximate surface area is 179 Å². The van der Waals surface area contributed by atoms with Crippen LogP contribution < -0.4 is 10.0 Å². The largest absolute Gasteiger partial charge is 0.352 e. The third-order valence-corrected chi connectivity index (χ3v) is 6.26. The summed E-state index contributed by atoms with van der Waals surface area (Å²) in [6.45, 7) is 7.12. The van der Waals surface area contributed by atoms with Crippen LogP contribution in [0, 0.1) is 5.92 Å². The van der Waals surface area contributed by atoms with Gasteiger partial charge in [0.25, 0.3) is 15.9 Å². The predicted octanol–water partition coefficient (Wildman–Crippen LogP) is 3.56. The van der Waals surface area contributed by atoms with E-state index < -0.39 is 10.0 Å². The van der Waals surface area contributed by atoms with Crippen LogP contribution in [0.25, 0.3) is 6.08 Å². The maximum atomic E-state index is 12.4. The zero-order valence-electron chi connectivity index (χ0n) is 17.4. The molecule has 1 atom stereocenters. The van der Waals surface area contributed by atoms with Crippen molar-refractivity contribution < 1.29 is 13.2 Å². The number of sulfonamides is 1. The highest BCUT2D eigenvalue weighted by atomic mass is 32.2. The van der Waals surface area contributed by atoms with E-state index in [0.717, 1.165) is 30.5 Å². The molecule has 3 rings (SSSR count). The van der Waals surface area contributed by atoms with E-state index in [9.17, 15) is 13.2 Å². The summed E-state index contributed by atoms with van der Waals surface area (Å²) in [4.78, 5) is 14.8. The first-order valence-electron chi connectivity index (χ1n) is 10.2. The summed E-state index contributed by atoms with van der Waals surface area (Å²) in [6, 6.07) is 16.2. The molecule has 1 saturated heterocycles. The minimum atomic E-state index is -3.64. The zero-order chi connectivity index (χ0) is 21.6. The van der Waals surface area contributed by atoms with Gasteiger partial charge in [0.05, 0.1) is 5.41 Å². The van der Waals surface area contributed by atoms with Gasteiger partial charge in [-0.05, 0) is 68.6 Å². The second-order valence-corrected chi connectivity index (χ2v) is 9.46. The van der Waals surface area contributed by atoms with Crippen molar-refractivity contribution in [1.29, 1.82) is 0 Å². The predicted molar refractivity (Wildman–Crippen MR) is 122 cm³/mol. The van der Waals surface area contributed by atoms with Crippen molar-refractivity contribution in [2.24, 2.45) is 5.92 Å². The summed E-state index contributed by atoms with van der Waals surface area (Å²) in [5.41, 5.74) is 1.72. The van der Waals surface area contributed by atoms with Crippen LogP contribution in [0.15, 0.2) is 60.0 Å². The molecule has 0 aliphatic carbocycles. The molecule has 1 aliphatic heterocycles. The lowest BCUT2D eigenvalue weighted by atomic mass is 10.1. The molecule has 2 aromatic carbocycles. The Morgan fingerprint density at radius 2 is 1.83 bits per heavy atom. The van der Waals surface area contributed by atoms with E-state index in [1.165, 1.54) is 6.08 Å². The number of carbonyl (C=O) groups excluding carboxylic acids is 1. The molecule has 1 aliphatic rings. The van der Waals surface area contributed by atoms with Gasteiger partial charge in [0, 0.05) is 30.4 Å². The molecular weight excluding hydrogens is 398 g/mol. The van der Waals surface area contributed by atoms with Gasteiger partial charge in [-0.15, -0.1) is 0 Å². The van der Waals surface area contributed by atoms with Gasteiger partial charge in [0.2, 0.25) is 0 Å². The van der Waals surface area contributed by atoms with Gasteiger partial charge in [-0.2, -0.15) is 0 Å². The summed E-state index contributed by atoms with van der Waals surface area (Å²) < 4.78 is 27.0. The number of benzene rings is 2. The van der Waals surface area contributed by atoms with Crippen molar-refractivity contribution in [1.82, 2.24) is 10.2 Å². The molecule has 1 amide bonds. The molecule has 0 radical (unpaired) electrons. The first-order chi connectivity index (χ1) is 14.3. The second-order valence-electron chi connectivity index (χ2n) is 7.89. The van der Waals surface area contributed by atoms with Crippen LogP contribution in [0.3, 0.4) is 0 Å². The Hall–Kier alpha value is -2.64. The lowest BCUT2D eigenvalue weighted by Crippen LogP contribution is -2.32. The smallest absolute Gasteiger partial charge is 0.255 e. The number of nitrogens with zero attached hydrogens (tertiary/aromatic N) is 1. The fraction of sp³-hybridized carbons (Fsp3) is 0.348. The Morgan fingerprint density at radius 3 is 2.47 bits per heavy atom. The van der Waals surface area contributed by atoms with Gasteiger partial charge in [0.15, 0.2) is 0 Å². The fourth-order valence-corrected chi connectivity index (χ4v) is 4.33. The molecule has 2 N–H and O–H groups in total. The standard InChI is InChI=1S/C23H29N3O3S/c1-18(2)26-14-12-20(17-26)16-24-23(27)21-8-10-22(11-9-21)25-30(28,29)15-13-19-6-4-3-5-7-19/h3-11,13,15,18,20,25H,12,14,16-17H2,1-2H3,(H,24,27)/b15-13+. The molecule has 1 unspecified atom stereocenters. The van der Waals surface area contributed by atoms with E-state index in [4.69, 9.17) is 0 Å². The normalized spacial score (nSPS) is 17.5. The highest BCUT2D eigenvalue weighted by Crippen LogP contribution is 2.18. The van der Waals surface area contributed by atoms with E-state index in [1.807, 2.05) is 30.3 Å². The van der Waals surface area contributed by atoms with Crippen LogP contribution in [0.1, 0.15) is 36.2 Å². The number of amides is 1. The Morgan fingerprint density at radius 1 is 1.13 bits per heavy atom. The number of hydrogen-bond donors (Lipinski definition) is 2. The molecule has 6 nitrogen and oxygen atoms in total. The highest BCUT2D eigenvalue weighted by molar-refractivity contribution is 7.95. The van der Waals surface area contributed by atoms with Crippen molar-refractivity contribution in [3.63, 3.8) is 0 Å². The van der Waals surface area contributed by atoms with E-state index in [-0.39, 0.29) is 5.91 Å². The van der Waals surface area contributed by atoms with Gasteiger partial charge < -0.3 is 10.2 Å². The quantitative estimate of drug-likeness (QED) is 0.675. The first kappa shape index (κ1) is 22.1. The Kier molecular flexibility index (Phi) is 7.29. The molecule has 30 heavy (non-hydrogen) atoms. The summed E-state index contributed by atoms with van der Waals surface area (Å²) in [6.07, 6.45) is 2.63. The lowest BCUT2D eigenvalue weighted by molar-refractivity contribution is 0.0947. The van der Waals surface area contributed by atoms with Crippen LogP contribution in [-0.4, -0.2) is 44.9 Å². The molecule has 0 aromatic heterocycles. The van der Waals surface area contributed by atoms with Crippen LogP contribution >= 0.6 is 0 Å². The maximum absolute atomic E-state index is 12.4. The highest BCUT2D eigenvalue weighted by Gasteiger charge is 2.24. The molecule has 0 saturated carbocycles. The van der Waals surface area contributed by atoms with Crippen molar-refractivity contribution in [2.45, 2.75) is 26.3 Å². The molecule has 160 valence electrons. The molecule has 2 aromatic rings. The molecule has 7 heteroatoms. The summed E-state index contributed by atoms with van der Waals surface area (Å²) >= 11 is 0. The molecule has 0 bridgehead atoms. The minimum absolute atomic E-state index is 0.142. The van der Waals surface area contributed by atoms with E-state index in [0.29, 0.717) is 29.8 Å². The Bertz CT molecular complexity index is 971. The van der Waals surface area contributed by atoms with Gasteiger partial charge in [-0.25, -0.2) is 8.42 Å². The number of hydrogen-bond acceptors (Lipinski definition) is 4. The third-order valence-electron chi connectivity index (χ3n) is 5.25. The van der Waals surface area contributed by atoms with Crippen LogP contribution in [0.2, 0.25) is 0 Å². The number of rotatable bonds is 8. The maximum Gasteiger partial charge on any atom is 0.255 e. The van der Waals surface area contributed by atoms with Gasteiger partial charge in [-0.1, -0.05) is 30.3 Å². The van der Waals surface area contributed by atoms with Crippen LogP contribution in [0.4, 0.5) is 5.69 Å². The minimum Gasteiger partial charge on any atom is -0.352 e. The van der Waals surface area contributed by atoms with Gasteiger partial charge in [0.1, 0.15) is 0 Å².